The third-order valence-electron chi connectivity index (χ3n) is 0.884. The summed E-state index contributed by atoms with van der Waals surface area (Å²) in [5.74, 6) is 0.242. The molecule has 0 bridgehead atoms. The number of halogens is 1. The molecule has 0 aromatic heterocycles. The van der Waals surface area contributed by atoms with E-state index in [1.165, 1.54) is 0 Å². The summed E-state index contributed by atoms with van der Waals surface area (Å²) >= 11 is 1.63. The number of hydrogen-bond donors (Lipinski definition) is 1. The normalized spacial score (nSPS) is 11.8. The molecule has 0 radical (unpaired) electrons. The average molecular weight is 263 g/mol. The van der Waals surface area contributed by atoms with Crippen LogP contribution in [0.15, 0.2) is 0 Å². The van der Waals surface area contributed by atoms with Gasteiger partial charge >= 0.3 is 0 Å². The smallest absolute Gasteiger partial charge is 0.212 e. The predicted octanol–water partition coefficient (Wildman–Crippen LogP) is 1.06. The Morgan fingerprint density at radius 2 is 2.11 bits per heavy atom. The van der Waals surface area contributed by atoms with E-state index in [0.717, 1.165) is 12.8 Å². The number of rotatable bonds is 4. The van der Waals surface area contributed by atoms with Crippen molar-refractivity contribution in [2.75, 3.05) is 5.75 Å². The molecular weight excluding hydrogens is 253 g/mol. The largest absolute Gasteiger partial charge is 0.220 e. The summed E-state index contributed by atoms with van der Waals surface area (Å²) in [4.78, 5) is 0. The molecule has 0 aromatic carbocycles. The van der Waals surface area contributed by atoms with Gasteiger partial charge in [0.1, 0.15) is 0 Å². The zero-order valence-corrected chi connectivity index (χ0v) is 8.20. The molecule has 1 N–H and O–H groups in total. The van der Waals surface area contributed by atoms with Crippen molar-refractivity contribution in [3.8, 4) is 0 Å². The highest BCUT2D eigenvalue weighted by molar-refractivity contribution is 14.1. The molecule has 0 amide bonds. The van der Waals surface area contributed by atoms with Gasteiger partial charge in [0.25, 0.3) is 0 Å². The maximum Gasteiger partial charge on any atom is 0.220 e. The van der Waals surface area contributed by atoms with E-state index in [1.807, 2.05) is 6.92 Å². The summed E-state index contributed by atoms with van der Waals surface area (Å²) in [5.41, 5.74) is 0. The van der Waals surface area contributed by atoms with Crippen LogP contribution in [0.4, 0.5) is 0 Å². The lowest BCUT2D eigenvalue weighted by Crippen LogP contribution is -2.16. The van der Waals surface area contributed by atoms with Crippen molar-refractivity contribution in [1.29, 1.82) is 0 Å². The van der Waals surface area contributed by atoms with Crippen LogP contribution in [0.2, 0.25) is 0 Å². The van der Waals surface area contributed by atoms with E-state index >= 15 is 0 Å². The summed E-state index contributed by atoms with van der Waals surface area (Å²) in [5, 5.41) is 0. The molecule has 0 fully saturated rings. The summed E-state index contributed by atoms with van der Waals surface area (Å²) in [6.07, 6.45) is 1.65. The molecule has 0 atom stereocenters. The molecule has 0 spiro atoms. The predicted molar refractivity (Wildman–Crippen MR) is 45.9 cm³/mol. The summed E-state index contributed by atoms with van der Waals surface area (Å²) in [7, 11) is -2.94. The minimum absolute atomic E-state index is 0.242. The fourth-order valence-electron chi connectivity index (χ4n) is 0.373. The molecule has 0 aliphatic rings. The first kappa shape index (κ1) is 9.64. The minimum Gasteiger partial charge on any atom is -0.212 e. The van der Waals surface area contributed by atoms with E-state index in [0.29, 0.717) is 0 Å². The van der Waals surface area contributed by atoms with Gasteiger partial charge in [-0.1, -0.05) is 13.3 Å². The number of hydrogen-bond acceptors (Lipinski definition) is 2. The van der Waals surface area contributed by atoms with Crippen LogP contribution in [-0.4, -0.2) is 14.2 Å². The van der Waals surface area contributed by atoms with Crippen molar-refractivity contribution in [1.82, 2.24) is 2.94 Å². The Kier molecular flexibility index (Phi) is 4.77. The van der Waals surface area contributed by atoms with E-state index in [1.54, 1.807) is 22.9 Å². The first-order valence-electron chi connectivity index (χ1n) is 2.72. The third-order valence-corrected chi connectivity index (χ3v) is 3.96. The Bertz CT molecular complexity index is 154. The van der Waals surface area contributed by atoms with Gasteiger partial charge in [0.2, 0.25) is 10.0 Å². The monoisotopic (exact) mass is 263 g/mol. The molecule has 0 saturated heterocycles. The average Bonchev–Trinajstić information content (AvgIpc) is 1.84. The van der Waals surface area contributed by atoms with Gasteiger partial charge in [-0.2, -0.15) is 2.94 Å². The van der Waals surface area contributed by atoms with Gasteiger partial charge in [-0.25, -0.2) is 8.42 Å². The second-order valence-corrected chi connectivity index (χ2v) is 4.86. The van der Waals surface area contributed by atoms with E-state index in [2.05, 4.69) is 2.94 Å². The Labute approximate surface area is 69.8 Å². The highest BCUT2D eigenvalue weighted by atomic mass is 127. The highest BCUT2D eigenvalue weighted by Gasteiger charge is 2.04. The Morgan fingerprint density at radius 1 is 1.56 bits per heavy atom. The molecule has 0 aromatic rings. The van der Waals surface area contributed by atoms with Crippen LogP contribution < -0.4 is 2.94 Å². The zero-order chi connectivity index (χ0) is 7.33. The van der Waals surface area contributed by atoms with Crippen LogP contribution in [0.1, 0.15) is 19.8 Å². The summed E-state index contributed by atoms with van der Waals surface area (Å²) < 4.78 is 23.5. The molecular formula is C4H10INO2S. The van der Waals surface area contributed by atoms with Gasteiger partial charge in [0.05, 0.1) is 5.75 Å². The maximum absolute atomic E-state index is 10.6. The van der Waals surface area contributed by atoms with E-state index in [-0.39, 0.29) is 5.75 Å². The van der Waals surface area contributed by atoms with Crippen molar-refractivity contribution in [2.24, 2.45) is 0 Å². The van der Waals surface area contributed by atoms with Crippen molar-refractivity contribution in [3.63, 3.8) is 0 Å². The zero-order valence-electron chi connectivity index (χ0n) is 5.22. The van der Waals surface area contributed by atoms with E-state index < -0.39 is 10.0 Å². The van der Waals surface area contributed by atoms with Gasteiger partial charge in [-0.3, -0.25) is 0 Å². The molecule has 5 heteroatoms. The molecule has 0 aliphatic carbocycles. The fraction of sp³-hybridized carbons (Fsp3) is 1.00. The Morgan fingerprint density at radius 3 is 2.44 bits per heavy atom. The molecule has 9 heavy (non-hydrogen) atoms. The molecule has 3 nitrogen and oxygen atoms in total. The van der Waals surface area contributed by atoms with Gasteiger partial charge in [-0.15, -0.1) is 0 Å². The van der Waals surface area contributed by atoms with Gasteiger partial charge in [0, 0.05) is 22.9 Å². The number of sulfonamides is 1. The van der Waals surface area contributed by atoms with Gasteiger partial charge in [0.15, 0.2) is 0 Å². The van der Waals surface area contributed by atoms with Crippen molar-refractivity contribution >= 4 is 32.9 Å². The third kappa shape index (κ3) is 5.10. The van der Waals surface area contributed by atoms with Crippen LogP contribution in [0.25, 0.3) is 0 Å². The van der Waals surface area contributed by atoms with Crippen LogP contribution in [0, 0.1) is 0 Å². The van der Waals surface area contributed by atoms with Crippen LogP contribution in [-0.2, 0) is 10.0 Å². The number of unbranched alkanes of at least 4 members (excludes halogenated alkanes) is 1. The quantitative estimate of drug-likeness (QED) is 0.609. The molecule has 0 rings (SSSR count). The standard InChI is InChI=1S/C4H10INO2S/c1-2-3-4-9(7,8)6-5/h6H,2-4H2,1H3. The molecule has 0 aliphatic heterocycles. The van der Waals surface area contributed by atoms with Crippen molar-refractivity contribution < 1.29 is 8.42 Å². The SMILES string of the molecule is CCCCS(=O)(=O)NI. The lowest BCUT2D eigenvalue weighted by atomic mass is 10.4. The topological polar surface area (TPSA) is 46.2 Å². The summed E-state index contributed by atoms with van der Waals surface area (Å²) in [6, 6.07) is 0. The number of nitrogens with one attached hydrogen (secondary N) is 1. The van der Waals surface area contributed by atoms with E-state index in [9.17, 15) is 8.42 Å². The maximum atomic E-state index is 10.6. The first-order chi connectivity index (χ1) is 4.12. The lowest BCUT2D eigenvalue weighted by molar-refractivity contribution is 0.592. The van der Waals surface area contributed by atoms with Crippen LogP contribution in [0.5, 0.6) is 0 Å². The Hall–Kier alpha value is 0.640. The second kappa shape index (κ2) is 4.45. The van der Waals surface area contributed by atoms with Crippen LogP contribution in [0.3, 0.4) is 0 Å². The molecule has 0 unspecified atom stereocenters. The highest BCUT2D eigenvalue weighted by Crippen LogP contribution is 1.94. The minimum atomic E-state index is -2.94. The second-order valence-electron chi connectivity index (χ2n) is 1.75. The molecule has 56 valence electrons. The fourth-order valence-corrected chi connectivity index (χ4v) is 1.78. The molecule has 0 heterocycles. The lowest BCUT2D eigenvalue weighted by Gasteiger charge is -1.96. The van der Waals surface area contributed by atoms with Crippen molar-refractivity contribution in [3.05, 3.63) is 0 Å². The Balaban J connectivity index is 3.61. The molecule has 0 saturated carbocycles. The van der Waals surface area contributed by atoms with Crippen LogP contribution >= 0.6 is 22.9 Å². The van der Waals surface area contributed by atoms with Gasteiger partial charge in [-0.05, 0) is 6.42 Å². The van der Waals surface area contributed by atoms with E-state index in [4.69, 9.17) is 0 Å². The van der Waals surface area contributed by atoms with Gasteiger partial charge < -0.3 is 0 Å². The van der Waals surface area contributed by atoms with Crippen molar-refractivity contribution in [2.45, 2.75) is 19.8 Å². The first-order valence-corrected chi connectivity index (χ1v) is 5.45. The summed E-state index contributed by atoms with van der Waals surface area (Å²) in [6.45, 7) is 1.96.